The third kappa shape index (κ3) is 36.8. The second-order valence-corrected chi connectivity index (χ2v) is 17.4. The molecule has 0 aromatic carbocycles. The summed E-state index contributed by atoms with van der Waals surface area (Å²) in [6.45, 7) is 0.372. The molecule has 0 aliphatic rings. The molecule has 0 aromatic rings. The highest BCUT2D eigenvalue weighted by Gasteiger charge is 2.01. The van der Waals surface area contributed by atoms with Crippen LogP contribution < -0.4 is 0 Å². The molecule has 0 aliphatic heterocycles. The molecule has 0 atom stereocenters. The van der Waals surface area contributed by atoms with Crippen molar-refractivity contribution in [1.29, 1.82) is 0 Å². The number of hydrogen-bond donors (Lipinski definition) is 1. The summed E-state index contributed by atoms with van der Waals surface area (Å²) < 4.78 is 0. The Balaban J connectivity index is 3.02. The lowest BCUT2D eigenvalue weighted by molar-refractivity contribution is 0.282. The van der Waals surface area contributed by atoms with Crippen LogP contribution in [0.4, 0.5) is 0 Å². The van der Waals surface area contributed by atoms with E-state index in [9.17, 15) is 0 Å². The quantitative estimate of drug-likeness (QED) is 0.0447. The first-order valence-corrected chi connectivity index (χ1v) is 22.0. The summed E-state index contributed by atoms with van der Waals surface area (Å²) >= 11 is 11.8. The van der Waals surface area contributed by atoms with Crippen LogP contribution in [0.3, 0.4) is 0 Å². The maximum Gasteiger partial charge on any atom is 0.237 e. The second kappa shape index (κ2) is 35.8. The van der Waals surface area contributed by atoms with E-state index < -0.39 is 7.42 Å². The van der Waals surface area contributed by atoms with Crippen LogP contribution in [0.15, 0.2) is 0 Å². The molecule has 1 N–H and O–H groups in total. The van der Waals surface area contributed by atoms with Crippen LogP contribution in [0, 0.1) is 0 Å². The molecular formula is C34H70Cl2OSi. The molecule has 0 bridgehead atoms. The van der Waals surface area contributed by atoms with Gasteiger partial charge in [-0.05, 0) is 12.5 Å². The summed E-state index contributed by atoms with van der Waals surface area (Å²) in [6, 6.07) is 1.10. The van der Waals surface area contributed by atoms with Crippen LogP contribution in [0.5, 0.6) is 0 Å². The van der Waals surface area contributed by atoms with Crippen LogP contribution in [0.2, 0.25) is 6.04 Å². The third-order valence-electron chi connectivity index (χ3n) is 8.33. The minimum Gasteiger partial charge on any atom is -0.396 e. The molecule has 0 radical (unpaired) electrons. The van der Waals surface area contributed by atoms with E-state index in [2.05, 4.69) is 0 Å². The van der Waals surface area contributed by atoms with Crippen LogP contribution in [0.25, 0.3) is 0 Å². The van der Waals surface area contributed by atoms with Crippen molar-refractivity contribution in [3.8, 4) is 0 Å². The first-order valence-electron chi connectivity index (χ1n) is 17.7. The van der Waals surface area contributed by atoms with Gasteiger partial charge in [-0.15, -0.1) is 0 Å². The molecule has 0 unspecified atom stereocenters. The van der Waals surface area contributed by atoms with Crippen molar-refractivity contribution in [2.45, 2.75) is 212 Å². The van der Waals surface area contributed by atoms with Crippen LogP contribution in [-0.2, 0) is 0 Å². The second-order valence-electron chi connectivity index (χ2n) is 12.2. The first kappa shape index (κ1) is 38.8. The van der Waals surface area contributed by atoms with E-state index in [1.165, 1.54) is 199 Å². The predicted molar refractivity (Wildman–Crippen MR) is 178 cm³/mol. The van der Waals surface area contributed by atoms with Crippen molar-refractivity contribution >= 4 is 29.6 Å². The number of aliphatic hydroxyl groups excluding tert-OH is 1. The zero-order valence-electron chi connectivity index (χ0n) is 25.8. The lowest BCUT2D eigenvalue weighted by Gasteiger charge is -2.05. The fourth-order valence-corrected chi connectivity index (χ4v) is 7.24. The maximum atomic E-state index is 8.78. The average Bonchev–Trinajstić information content (AvgIpc) is 2.91. The molecule has 0 saturated heterocycles. The van der Waals surface area contributed by atoms with E-state index in [4.69, 9.17) is 27.3 Å². The Morgan fingerprint density at radius 2 is 0.421 bits per heavy atom. The van der Waals surface area contributed by atoms with Crippen molar-refractivity contribution in [3.63, 3.8) is 0 Å². The molecule has 0 spiro atoms. The van der Waals surface area contributed by atoms with E-state index in [0.29, 0.717) is 6.61 Å². The Kier molecular flexibility index (Phi) is 36.5. The summed E-state index contributed by atoms with van der Waals surface area (Å²) in [4.78, 5) is 0. The Labute approximate surface area is 252 Å². The lowest BCUT2D eigenvalue weighted by Crippen LogP contribution is -1.91. The van der Waals surface area contributed by atoms with Gasteiger partial charge in [0.05, 0.1) is 0 Å². The SMILES string of the molecule is OCCCCCCCCCCCCCCCCCCCCCCCCCCCCCCCCCC[SiH](Cl)Cl. The van der Waals surface area contributed by atoms with Crippen molar-refractivity contribution in [1.82, 2.24) is 0 Å². The van der Waals surface area contributed by atoms with Gasteiger partial charge in [-0.25, -0.2) is 0 Å². The van der Waals surface area contributed by atoms with Crippen molar-refractivity contribution in [2.75, 3.05) is 6.61 Å². The fourth-order valence-electron chi connectivity index (χ4n) is 5.71. The van der Waals surface area contributed by atoms with E-state index in [1.807, 2.05) is 0 Å². The molecule has 0 aliphatic carbocycles. The predicted octanol–water partition coefficient (Wildman–Crippen LogP) is 13.2. The summed E-state index contributed by atoms with van der Waals surface area (Å²) in [5.41, 5.74) is 0. The van der Waals surface area contributed by atoms with Gasteiger partial charge in [0.25, 0.3) is 0 Å². The van der Waals surface area contributed by atoms with Crippen LogP contribution >= 0.6 is 22.2 Å². The summed E-state index contributed by atoms with van der Waals surface area (Å²) in [5, 5.41) is 8.78. The summed E-state index contributed by atoms with van der Waals surface area (Å²) in [7, 11) is -1.34. The first-order chi connectivity index (χ1) is 18.8. The zero-order valence-corrected chi connectivity index (χ0v) is 28.5. The molecular weight excluding hydrogens is 523 g/mol. The summed E-state index contributed by atoms with van der Waals surface area (Å²) in [5.74, 6) is 0. The highest BCUT2D eigenvalue weighted by atomic mass is 35.7. The lowest BCUT2D eigenvalue weighted by atomic mass is 10.0. The molecule has 4 heteroatoms. The number of halogens is 2. The highest BCUT2D eigenvalue weighted by Crippen LogP contribution is 2.17. The van der Waals surface area contributed by atoms with E-state index >= 15 is 0 Å². The zero-order chi connectivity index (χ0) is 27.6. The standard InChI is InChI=1S/C34H70Cl2OSi/c35-38(36)34-32-30-28-26-24-22-20-18-16-14-12-10-8-6-4-2-1-3-5-7-9-11-13-15-17-19-21-23-25-27-29-31-33-37/h37-38H,1-34H2. The number of unbranched alkanes of at least 4 members (excludes halogenated alkanes) is 31. The van der Waals surface area contributed by atoms with Gasteiger partial charge in [0.1, 0.15) is 0 Å². The van der Waals surface area contributed by atoms with Crippen molar-refractivity contribution in [2.24, 2.45) is 0 Å². The van der Waals surface area contributed by atoms with Crippen molar-refractivity contribution in [3.05, 3.63) is 0 Å². The highest BCUT2D eigenvalue weighted by molar-refractivity contribution is 7.33. The van der Waals surface area contributed by atoms with Gasteiger partial charge < -0.3 is 5.11 Å². The molecule has 0 aromatic heterocycles. The van der Waals surface area contributed by atoms with Crippen LogP contribution in [-0.4, -0.2) is 19.1 Å². The Bertz CT molecular complexity index is 408. The van der Waals surface area contributed by atoms with Crippen LogP contribution in [0.1, 0.15) is 205 Å². The molecule has 0 rings (SSSR count). The van der Waals surface area contributed by atoms with Gasteiger partial charge >= 0.3 is 0 Å². The van der Waals surface area contributed by atoms with Gasteiger partial charge in [-0.3, -0.25) is 0 Å². The summed E-state index contributed by atoms with van der Waals surface area (Å²) in [6.07, 6.45) is 45.3. The molecule has 0 amide bonds. The van der Waals surface area contributed by atoms with Gasteiger partial charge in [0.2, 0.25) is 7.42 Å². The van der Waals surface area contributed by atoms with Gasteiger partial charge in [0, 0.05) is 6.61 Å². The number of rotatable bonds is 34. The molecule has 0 fully saturated rings. The average molecular weight is 594 g/mol. The molecule has 38 heavy (non-hydrogen) atoms. The number of hydrogen-bond acceptors (Lipinski definition) is 1. The van der Waals surface area contributed by atoms with E-state index in [-0.39, 0.29) is 0 Å². The largest absolute Gasteiger partial charge is 0.396 e. The number of aliphatic hydroxyl groups is 1. The topological polar surface area (TPSA) is 20.2 Å². The van der Waals surface area contributed by atoms with Gasteiger partial charge in [-0.1, -0.05) is 199 Å². The Morgan fingerprint density at radius 1 is 0.263 bits per heavy atom. The monoisotopic (exact) mass is 592 g/mol. The van der Waals surface area contributed by atoms with Gasteiger partial charge in [-0.2, -0.15) is 22.2 Å². The van der Waals surface area contributed by atoms with Gasteiger partial charge in [0.15, 0.2) is 0 Å². The smallest absolute Gasteiger partial charge is 0.237 e. The molecule has 230 valence electrons. The Hall–Kier alpha value is 0.757. The molecule has 0 heterocycles. The fraction of sp³-hybridized carbons (Fsp3) is 1.00. The van der Waals surface area contributed by atoms with Crippen molar-refractivity contribution < 1.29 is 5.11 Å². The minimum absolute atomic E-state index is 0.372. The molecule has 0 saturated carbocycles. The molecule has 1 nitrogen and oxygen atoms in total. The minimum atomic E-state index is -1.34. The maximum absolute atomic E-state index is 8.78. The third-order valence-corrected chi connectivity index (χ3v) is 10.5. The van der Waals surface area contributed by atoms with E-state index in [0.717, 1.165) is 12.5 Å². The van der Waals surface area contributed by atoms with E-state index in [1.54, 1.807) is 0 Å². The Morgan fingerprint density at radius 3 is 0.579 bits per heavy atom. The normalized spacial score (nSPS) is 11.7.